The van der Waals surface area contributed by atoms with Crippen molar-refractivity contribution in [2.24, 2.45) is 0 Å². The standard InChI is InChI=1S/C17H23N5O4/c1-13-3-4-15(9-18-13)10-20-5-6-21-12-19(7-8-26-14(2)23)11-16(17(20)21)22(24)25/h3-4,9H,5-8,10-12H2,1-2H3. The molecule has 1 aromatic heterocycles. The second-order valence-electron chi connectivity index (χ2n) is 6.55. The van der Waals surface area contributed by atoms with Gasteiger partial charge in [0.05, 0.1) is 18.1 Å². The molecule has 140 valence electrons. The molecule has 0 unspecified atom stereocenters. The van der Waals surface area contributed by atoms with Crippen LogP contribution in [0.1, 0.15) is 18.2 Å². The lowest BCUT2D eigenvalue weighted by atomic mass is 10.2. The Kier molecular flexibility index (Phi) is 5.36. The zero-order valence-electron chi connectivity index (χ0n) is 15.1. The van der Waals surface area contributed by atoms with Crippen molar-refractivity contribution in [3.63, 3.8) is 0 Å². The van der Waals surface area contributed by atoms with Gasteiger partial charge in [0.25, 0.3) is 5.70 Å². The van der Waals surface area contributed by atoms with Gasteiger partial charge in [-0.15, -0.1) is 0 Å². The number of hydrogen-bond donors (Lipinski definition) is 0. The third-order valence-corrected chi connectivity index (χ3v) is 4.52. The maximum absolute atomic E-state index is 11.6. The van der Waals surface area contributed by atoms with Crippen molar-refractivity contribution >= 4 is 5.97 Å². The van der Waals surface area contributed by atoms with Crippen LogP contribution in [0.25, 0.3) is 0 Å². The maximum atomic E-state index is 11.6. The number of aromatic nitrogens is 1. The van der Waals surface area contributed by atoms with Crippen LogP contribution in [0.2, 0.25) is 0 Å². The maximum Gasteiger partial charge on any atom is 0.302 e. The lowest BCUT2D eigenvalue weighted by molar-refractivity contribution is -0.433. The number of aryl methyl sites for hydroxylation is 1. The Hall–Kier alpha value is -2.68. The van der Waals surface area contributed by atoms with Gasteiger partial charge in [0, 0.05) is 45.0 Å². The van der Waals surface area contributed by atoms with Gasteiger partial charge in [0.1, 0.15) is 6.61 Å². The highest BCUT2D eigenvalue weighted by molar-refractivity contribution is 5.65. The molecule has 0 spiro atoms. The molecule has 0 aliphatic carbocycles. The molecule has 1 aromatic rings. The van der Waals surface area contributed by atoms with Crippen LogP contribution in [0.4, 0.5) is 0 Å². The normalized spacial score (nSPS) is 17.5. The number of nitro groups is 1. The topological polar surface area (TPSA) is 92.0 Å². The van der Waals surface area contributed by atoms with Crippen molar-refractivity contribution in [3.05, 3.63) is 51.2 Å². The molecule has 1 saturated heterocycles. The molecule has 0 bridgehead atoms. The highest BCUT2D eigenvalue weighted by atomic mass is 16.6. The average molecular weight is 361 g/mol. The molecule has 2 aliphatic heterocycles. The number of carbonyl (C=O) groups excluding carboxylic acids is 1. The minimum atomic E-state index is -0.341. The van der Waals surface area contributed by atoms with Crippen molar-refractivity contribution < 1.29 is 14.5 Å². The van der Waals surface area contributed by atoms with Crippen molar-refractivity contribution in [2.75, 3.05) is 39.5 Å². The number of pyridine rings is 1. The van der Waals surface area contributed by atoms with E-state index < -0.39 is 0 Å². The van der Waals surface area contributed by atoms with Crippen LogP contribution in [0.5, 0.6) is 0 Å². The molecule has 0 aromatic carbocycles. The lowest BCUT2D eigenvalue weighted by Gasteiger charge is -2.34. The SMILES string of the molecule is CC(=O)OCCN1CC([N+](=O)[O-])=C2N(Cc3ccc(C)nc3)CCN2C1. The summed E-state index contributed by atoms with van der Waals surface area (Å²) in [4.78, 5) is 32.5. The largest absolute Gasteiger partial charge is 0.465 e. The molecule has 26 heavy (non-hydrogen) atoms. The van der Waals surface area contributed by atoms with E-state index in [-0.39, 0.29) is 29.7 Å². The summed E-state index contributed by atoms with van der Waals surface area (Å²) in [5, 5.41) is 11.6. The second-order valence-corrected chi connectivity index (χ2v) is 6.55. The highest BCUT2D eigenvalue weighted by Gasteiger charge is 2.39. The quantitative estimate of drug-likeness (QED) is 0.417. The fourth-order valence-electron chi connectivity index (χ4n) is 3.30. The second kappa shape index (κ2) is 7.69. The van der Waals surface area contributed by atoms with Gasteiger partial charge in [-0.2, -0.15) is 0 Å². The first-order valence-electron chi connectivity index (χ1n) is 8.58. The van der Waals surface area contributed by atoms with Crippen LogP contribution in [-0.2, 0) is 16.1 Å². The fraction of sp³-hybridized carbons (Fsp3) is 0.529. The van der Waals surface area contributed by atoms with Crippen molar-refractivity contribution in [3.8, 4) is 0 Å². The van der Waals surface area contributed by atoms with E-state index in [0.29, 0.717) is 25.6 Å². The Morgan fingerprint density at radius 3 is 2.85 bits per heavy atom. The van der Waals surface area contributed by atoms with Crippen LogP contribution in [0.15, 0.2) is 29.8 Å². The van der Waals surface area contributed by atoms with Gasteiger partial charge in [-0.3, -0.25) is 24.8 Å². The molecule has 2 aliphatic rings. The first kappa shape index (κ1) is 18.1. The van der Waals surface area contributed by atoms with Gasteiger partial charge in [0.15, 0.2) is 5.82 Å². The summed E-state index contributed by atoms with van der Waals surface area (Å²) < 4.78 is 4.96. The van der Waals surface area contributed by atoms with E-state index in [9.17, 15) is 14.9 Å². The molecule has 9 nitrogen and oxygen atoms in total. The van der Waals surface area contributed by atoms with E-state index in [4.69, 9.17) is 4.74 Å². The molecule has 0 atom stereocenters. The summed E-state index contributed by atoms with van der Waals surface area (Å²) in [5.41, 5.74) is 2.17. The van der Waals surface area contributed by atoms with Gasteiger partial charge in [0.2, 0.25) is 0 Å². The monoisotopic (exact) mass is 361 g/mol. The van der Waals surface area contributed by atoms with Crippen molar-refractivity contribution in [1.29, 1.82) is 0 Å². The molecular weight excluding hydrogens is 338 g/mol. The van der Waals surface area contributed by atoms with Crippen LogP contribution in [0, 0.1) is 17.0 Å². The minimum Gasteiger partial charge on any atom is -0.465 e. The van der Waals surface area contributed by atoms with Gasteiger partial charge in [-0.1, -0.05) is 6.07 Å². The number of ether oxygens (including phenoxy) is 1. The number of hydrogen-bond acceptors (Lipinski definition) is 8. The van der Waals surface area contributed by atoms with Crippen LogP contribution in [0.3, 0.4) is 0 Å². The number of rotatable bonds is 6. The highest BCUT2D eigenvalue weighted by Crippen LogP contribution is 2.28. The van der Waals surface area contributed by atoms with E-state index in [1.54, 1.807) is 0 Å². The predicted molar refractivity (Wildman–Crippen MR) is 93.2 cm³/mol. The Morgan fingerprint density at radius 1 is 1.38 bits per heavy atom. The summed E-state index contributed by atoms with van der Waals surface area (Å²) in [5.74, 6) is 0.353. The number of carbonyl (C=O) groups is 1. The van der Waals surface area contributed by atoms with E-state index in [0.717, 1.165) is 24.3 Å². The molecule has 0 radical (unpaired) electrons. The fourth-order valence-corrected chi connectivity index (χ4v) is 3.30. The zero-order chi connectivity index (χ0) is 18.7. The average Bonchev–Trinajstić information content (AvgIpc) is 2.98. The number of nitrogens with zero attached hydrogens (tertiary/aromatic N) is 5. The lowest BCUT2D eigenvalue weighted by Crippen LogP contribution is -2.46. The van der Waals surface area contributed by atoms with Crippen molar-refractivity contribution in [2.45, 2.75) is 20.4 Å². The zero-order valence-corrected chi connectivity index (χ0v) is 15.1. The van der Waals surface area contributed by atoms with Crippen molar-refractivity contribution in [1.82, 2.24) is 19.7 Å². The van der Waals surface area contributed by atoms with Crippen LogP contribution < -0.4 is 0 Å². The summed E-state index contributed by atoms with van der Waals surface area (Å²) in [6.07, 6.45) is 1.82. The summed E-state index contributed by atoms with van der Waals surface area (Å²) >= 11 is 0. The third kappa shape index (κ3) is 4.10. The summed E-state index contributed by atoms with van der Waals surface area (Å²) in [6.45, 7) is 6.90. The van der Waals surface area contributed by atoms with Gasteiger partial charge in [-0.25, -0.2) is 0 Å². The van der Waals surface area contributed by atoms with Gasteiger partial charge < -0.3 is 14.5 Å². The predicted octanol–water partition coefficient (Wildman–Crippen LogP) is 0.790. The number of fused-ring (bicyclic) bond motifs is 1. The molecule has 0 amide bonds. The van der Waals surface area contributed by atoms with Gasteiger partial charge >= 0.3 is 5.97 Å². The molecule has 0 N–H and O–H groups in total. The Balaban J connectivity index is 1.74. The smallest absolute Gasteiger partial charge is 0.302 e. The molecule has 0 saturated carbocycles. The first-order chi connectivity index (χ1) is 12.4. The third-order valence-electron chi connectivity index (χ3n) is 4.52. The van der Waals surface area contributed by atoms with E-state index in [2.05, 4.69) is 4.98 Å². The summed E-state index contributed by atoms with van der Waals surface area (Å²) in [6, 6.07) is 3.95. The number of esters is 1. The van der Waals surface area contributed by atoms with Crippen LogP contribution in [-0.4, -0.2) is 70.0 Å². The molecular formula is C17H23N5O4. The molecule has 3 heterocycles. The molecule has 3 rings (SSSR count). The Morgan fingerprint density at radius 2 is 2.19 bits per heavy atom. The molecule has 1 fully saturated rings. The summed E-state index contributed by atoms with van der Waals surface area (Å²) in [7, 11) is 0. The van der Waals surface area contributed by atoms with E-state index in [1.165, 1.54) is 6.92 Å². The van der Waals surface area contributed by atoms with Crippen LogP contribution >= 0.6 is 0 Å². The Bertz CT molecular complexity index is 718. The first-order valence-corrected chi connectivity index (χ1v) is 8.58. The van der Waals surface area contributed by atoms with E-state index in [1.807, 2.05) is 40.0 Å². The van der Waals surface area contributed by atoms with E-state index >= 15 is 0 Å². The Labute approximate surface area is 152 Å². The van der Waals surface area contributed by atoms with Gasteiger partial charge in [-0.05, 0) is 18.6 Å². The minimum absolute atomic E-state index is 0.191. The molecule has 9 heteroatoms.